The average molecular weight is 599 g/mol. The van der Waals surface area contributed by atoms with Crippen molar-refractivity contribution in [2.45, 2.75) is 45.1 Å². The van der Waals surface area contributed by atoms with Crippen molar-refractivity contribution in [3.8, 4) is 22.7 Å². The molecule has 0 radical (unpaired) electrons. The van der Waals surface area contributed by atoms with Gasteiger partial charge in [0.1, 0.15) is 12.4 Å². The van der Waals surface area contributed by atoms with Crippen LogP contribution in [0.2, 0.25) is 0 Å². The second-order valence-corrected chi connectivity index (χ2v) is 9.65. The van der Waals surface area contributed by atoms with Crippen LogP contribution in [0.25, 0.3) is 16.9 Å². The molecule has 0 atom stereocenters. The fourth-order valence-electron chi connectivity index (χ4n) is 4.29. The van der Waals surface area contributed by atoms with Gasteiger partial charge in [-0.25, -0.2) is 4.79 Å². The molecular weight excluding hydrogens is 560 g/mol. The lowest BCUT2D eigenvalue weighted by Gasteiger charge is -2.18. The van der Waals surface area contributed by atoms with Crippen molar-refractivity contribution >= 4 is 23.9 Å². The molecule has 0 spiro atoms. The Bertz CT molecular complexity index is 1330. The van der Waals surface area contributed by atoms with E-state index in [0.29, 0.717) is 13.0 Å². The van der Waals surface area contributed by atoms with E-state index in [-0.39, 0.29) is 6.42 Å². The highest BCUT2D eigenvalue weighted by Crippen LogP contribution is 2.28. The summed E-state index contributed by atoms with van der Waals surface area (Å²) in [7, 11) is 0. The molecule has 43 heavy (non-hydrogen) atoms. The third-order valence-electron chi connectivity index (χ3n) is 6.58. The number of carboxylic acid groups (broad SMARTS) is 4. The highest BCUT2D eigenvalue weighted by atomic mass is 16.5. The van der Waals surface area contributed by atoms with Gasteiger partial charge in [-0.2, -0.15) is 0 Å². The molecule has 0 saturated heterocycles. The monoisotopic (exact) mass is 598 g/mol. The Morgan fingerprint density at radius 1 is 0.791 bits per heavy atom. The Labute approximate surface area is 249 Å². The van der Waals surface area contributed by atoms with E-state index in [1.54, 1.807) is 0 Å². The van der Waals surface area contributed by atoms with Gasteiger partial charge >= 0.3 is 23.9 Å². The van der Waals surface area contributed by atoms with E-state index in [1.807, 2.05) is 48.5 Å². The van der Waals surface area contributed by atoms with Crippen molar-refractivity contribution in [1.82, 2.24) is 9.47 Å². The van der Waals surface area contributed by atoms with Gasteiger partial charge in [0.2, 0.25) is 0 Å². The molecule has 2 aromatic carbocycles. The van der Waals surface area contributed by atoms with Gasteiger partial charge in [-0.05, 0) is 61.5 Å². The average Bonchev–Trinajstić information content (AvgIpc) is 3.38. The van der Waals surface area contributed by atoms with Crippen LogP contribution >= 0.6 is 0 Å². The summed E-state index contributed by atoms with van der Waals surface area (Å²) in [6.07, 6.45) is -1.71. The van der Waals surface area contributed by atoms with Crippen molar-refractivity contribution in [1.29, 1.82) is 0 Å². The summed E-state index contributed by atoms with van der Waals surface area (Å²) in [4.78, 5) is 43.9. The van der Waals surface area contributed by atoms with Gasteiger partial charge in [0, 0.05) is 17.9 Å². The van der Waals surface area contributed by atoms with Gasteiger partial charge in [0.25, 0.3) is 0 Å². The van der Waals surface area contributed by atoms with Crippen LogP contribution in [0.15, 0.2) is 66.7 Å². The number of aromatic nitrogens is 1. The fraction of sp³-hybridized carbons (Fsp3) is 0.355. The maximum absolute atomic E-state index is 11.1. The molecule has 232 valence electrons. The second kappa shape index (κ2) is 16.7. The zero-order valence-electron chi connectivity index (χ0n) is 24.2. The minimum atomic E-state index is -2.74. The summed E-state index contributed by atoms with van der Waals surface area (Å²) < 4.78 is 8.04. The van der Waals surface area contributed by atoms with E-state index >= 15 is 0 Å². The quantitative estimate of drug-likeness (QED) is 0.162. The third kappa shape index (κ3) is 10.9. The lowest BCUT2D eigenvalue weighted by molar-refractivity contribution is -0.170. The first-order chi connectivity index (χ1) is 20.4. The molecule has 12 nitrogen and oxygen atoms in total. The Balaban J connectivity index is 0.000000420. The maximum atomic E-state index is 11.1. The zero-order valence-corrected chi connectivity index (χ0v) is 24.2. The SMILES string of the molecule is CCN(CC)CCOc1ccc(-n2c(CCC(=O)O)ccc2-c2ccccc2)cc1.O=C(O)CC(O)(CC(=O)O)C(=O)O. The van der Waals surface area contributed by atoms with Gasteiger partial charge in [-0.15, -0.1) is 0 Å². The molecule has 0 amide bonds. The van der Waals surface area contributed by atoms with Crippen molar-refractivity contribution in [2.75, 3.05) is 26.2 Å². The van der Waals surface area contributed by atoms with Crippen molar-refractivity contribution in [3.05, 3.63) is 72.4 Å². The van der Waals surface area contributed by atoms with E-state index in [4.69, 9.17) is 30.3 Å². The molecule has 3 rings (SSSR count). The van der Waals surface area contributed by atoms with Crippen molar-refractivity contribution in [2.24, 2.45) is 0 Å². The summed E-state index contributed by atoms with van der Waals surface area (Å²) in [5.41, 5.74) is 1.38. The normalized spacial score (nSPS) is 11.0. The largest absolute Gasteiger partial charge is 0.492 e. The number of likely N-dealkylation sites (N-methyl/N-ethyl adjacent to an activating group) is 1. The summed E-state index contributed by atoms with van der Waals surface area (Å²) in [5.74, 6) is -4.97. The molecule has 0 aliphatic carbocycles. The number of hydrogen-bond donors (Lipinski definition) is 5. The first-order valence-corrected chi connectivity index (χ1v) is 13.7. The minimum absolute atomic E-state index is 0.102. The van der Waals surface area contributed by atoms with Crippen LogP contribution in [-0.2, 0) is 25.6 Å². The number of aliphatic hydroxyl groups is 1. The maximum Gasteiger partial charge on any atom is 0.336 e. The van der Waals surface area contributed by atoms with E-state index in [9.17, 15) is 19.2 Å². The van der Waals surface area contributed by atoms with Crippen LogP contribution < -0.4 is 4.74 Å². The van der Waals surface area contributed by atoms with Crippen LogP contribution in [0, 0.1) is 0 Å². The van der Waals surface area contributed by atoms with Crippen LogP contribution in [0.1, 0.15) is 38.8 Å². The van der Waals surface area contributed by atoms with Gasteiger partial charge in [0.05, 0.1) is 25.0 Å². The summed E-state index contributed by atoms with van der Waals surface area (Å²) in [6.45, 7) is 7.92. The second-order valence-electron chi connectivity index (χ2n) is 9.65. The molecule has 0 bridgehead atoms. The fourth-order valence-corrected chi connectivity index (χ4v) is 4.29. The molecule has 1 aromatic heterocycles. The number of rotatable bonds is 16. The van der Waals surface area contributed by atoms with E-state index < -0.39 is 42.3 Å². The van der Waals surface area contributed by atoms with Crippen LogP contribution in [0.3, 0.4) is 0 Å². The number of aryl methyl sites for hydroxylation is 1. The summed E-state index contributed by atoms with van der Waals surface area (Å²) in [6, 6.07) is 22.2. The number of aliphatic carboxylic acids is 4. The topological polar surface area (TPSA) is 187 Å². The Hall–Kier alpha value is -4.68. The lowest BCUT2D eigenvalue weighted by Crippen LogP contribution is -2.42. The molecule has 0 saturated carbocycles. The van der Waals surface area contributed by atoms with Crippen LogP contribution in [-0.4, -0.2) is 90.7 Å². The van der Waals surface area contributed by atoms with Gasteiger partial charge in [-0.3, -0.25) is 14.4 Å². The highest BCUT2D eigenvalue weighted by Gasteiger charge is 2.40. The molecule has 0 aliphatic heterocycles. The molecule has 12 heteroatoms. The number of nitrogens with zero attached hydrogens (tertiary/aromatic N) is 2. The Morgan fingerprint density at radius 3 is 1.86 bits per heavy atom. The molecule has 0 fully saturated rings. The molecule has 0 aliphatic rings. The Morgan fingerprint density at radius 2 is 1.37 bits per heavy atom. The van der Waals surface area contributed by atoms with Gasteiger partial charge in [0.15, 0.2) is 5.60 Å². The summed E-state index contributed by atoms with van der Waals surface area (Å²) >= 11 is 0. The number of benzene rings is 2. The van der Waals surface area contributed by atoms with E-state index in [1.165, 1.54) is 0 Å². The first-order valence-electron chi connectivity index (χ1n) is 13.7. The Kier molecular flexibility index (Phi) is 13.4. The molecule has 0 unspecified atom stereocenters. The predicted octanol–water partition coefficient (Wildman–Crippen LogP) is 3.63. The molecule has 1 heterocycles. The lowest BCUT2D eigenvalue weighted by atomic mass is 9.96. The van der Waals surface area contributed by atoms with Crippen LogP contribution in [0.5, 0.6) is 5.75 Å². The number of carboxylic acids is 4. The van der Waals surface area contributed by atoms with Gasteiger partial charge in [-0.1, -0.05) is 44.2 Å². The highest BCUT2D eigenvalue weighted by molar-refractivity contribution is 5.88. The van der Waals surface area contributed by atoms with Gasteiger partial charge < -0.3 is 39.7 Å². The molecule has 3 aromatic rings. The minimum Gasteiger partial charge on any atom is -0.492 e. The van der Waals surface area contributed by atoms with Crippen molar-refractivity contribution in [3.63, 3.8) is 0 Å². The van der Waals surface area contributed by atoms with E-state index in [2.05, 4.69) is 41.5 Å². The number of carbonyl (C=O) groups is 4. The van der Waals surface area contributed by atoms with Crippen molar-refractivity contribution < 1.29 is 49.4 Å². The zero-order chi connectivity index (χ0) is 32.0. The number of hydrogen-bond acceptors (Lipinski definition) is 7. The predicted molar refractivity (Wildman–Crippen MR) is 158 cm³/mol. The summed E-state index contributed by atoms with van der Waals surface area (Å²) in [5, 5.41) is 42.9. The van der Waals surface area contributed by atoms with E-state index in [0.717, 1.165) is 48.0 Å². The molecule has 5 N–H and O–H groups in total. The number of ether oxygens (including phenoxy) is 1. The standard InChI is InChI=1S/C25H30N2O3.C6H8O7/c1-3-26(4-2)18-19-30-23-14-10-21(11-15-23)27-22(13-17-25(28)29)12-16-24(27)20-8-6-5-7-9-20;7-3(8)1-6(13,5(11)12)2-4(9)10/h5-12,14-16H,3-4,13,17-19H2,1-2H3,(H,28,29);13H,1-2H2,(H,7,8)(H,9,10)(H,11,12). The first kappa shape index (κ1) is 34.5. The smallest absolute Gasteiger partial charge is 0.336 e. The van der Waals surface area contributed by atoms with Crippen LogP contribution in [0.4, 0.5) is 0 Å². The third-order valence-corrected chi connectivity index (χ3v) is 6.58. The molecular formula is C31H38N2O10.